The van der Waals surface area contributed by atoms with Crippen molar-refractivity contribution in [2.75, 3.05) is 0 Å². The van der Waals surface area contributed by atoms with Gasteiger partial charge < -0.3 is 0 Å². The smallest absolute Gasteiger partial charge is 0.289 e. The maximum Gasteiger partial charge on any atom is 0.358 e. The van der Waals surface area contributed by atoms with Crippen molar-refractivity contribution in [1.82, 2.24) is 0 Å². The van der Waals surface area contributed by atoms with Crippen molar-refractivity contribution < 1.29 is 22.4 Å². The molecule has 0 aromatic heterocycles. The highest BCUT2D eigenvalue weighted by Gasteiger charge is 2.23. The number of hydrogen-bond acceptors (Lipinski definition) is 7. The van der Waals surface area contributed by atoms with Crippen molar-refractivity contribution in [3.05, 3.63) is 56.1 Å². The average Bonchev–Trinajstić information content (AvgIpc) is 2.52. The molecule has 0 unspecified atom stereocenters. The maximum atomic E-state index is 12.1. The highest BCUT2D eigenvalue weighted by Crippen LogP contribution is 2.25. The summed E-state index contributed by atoms with van der Waals surface area (Å²) in [6.45, 7) is 3.17. The molecule has 0 radical (unpaired) electrons. The molecule has 0 saturated carbocycles. The van der Waals surface area contributed by atoms with Crippen LogP contribution in [0.3, 0.4) is 0 Å². The van der Waals surface area contributed by atoms with Gasteiger partial charge in [-0.05, 0) is 53.1 Å². The summed E-state index contributed by atoms with van der Waals surface area (Å²) < 4.78 is 29.2. The van der Waals surface area contributed by atoms with Gasteiger partial charge in [0.2, 0.25) is 0 Å². The third-order valence-corrected chi connectivity index (χ3v) is 5.25. The molecular formula is C14H11BrN2O6S. The highest BCUT2D eigenvalue weighted by atomic mass is 79.9. The lowest BCUT2D eigenvalue weighted by Crippen LogP contribution is -2.15. The van der Waals surface area contributed by atoms with Crippen molar-refractivity contribution in [3.8, 4) is 0 Å². The summed E-state index contributed by atoms with van der Waals surface area (Å²) in [4.78, 5) is 21.2. The van der Waals surface area contributed by atoms with E-state index in [0.717, 1.165) is 18.2 Å². The zero-order valence-corrected chi connectivity index (χ0v) is 14.9. The van der Waals surface area contributed by atoms with Crippen molar-refractivity contribution >= 4 is 43.2 Å². The number of allylic oxidation sites excluding steroid dienone is 4. The fourth-order valence-corrected chi connectivity index (χ4v) is 3.01. The van der Waals surface area contributed by atoms with Crippen LogP contribution in [0.5, 0.6) is 0 Å². The third kappa shape index (κ3) is 3.60. The van der Waals surface area contributed by atoms with Crippen LogP contribution in [0.25, 0.3) is 0 Å². The zero-order chi connectivity index (χ0) is 18.1. The number of carbonyl (C=O) groups excluding carboxylic acids is 1. The summed E-state index contributed by atoms with van der Waals surface area (Å²) in [5, 5.41) is 14.3. The van der Waals surface area contributed by atoms with E-state index in [9.17, 15) is 23.3 Å². The van der Waals surface area contributed by atoms with Gasteiger partial charge in [0.05, 0.1) is 9.41 Å². The van der Waals surface area contributed by atoms with E-state index in [-0.39, 0.29) is 21.7 Å². The van der Waals surface area contributed by atoms with Crippen LogP contribution in [0.2, 0.25) is 0 Å². The number of rotatable bonds is 4. The van der Waals surface area contributed by atoms with E-state index < -0.39 is 19.9 Å². The van der Waals surface area contributed by atoms with Crippen LogP contribution in [0, 0.1) is 10.1 Å². The van der Waals surface area contributed by atoms with Gasteiger partial charge in [0.1, 0.15) is 10.6 Å². The summed E-state index contributed by atoms with van der Waals surface area (Å²) in [5.41, 5.74) is 0.671. The quantitative estimate of drug-likeness (QED) is 0.424. The lowest BCUT2D eigenvalue weighted by atomic mass is 9.98. The van der Waals surface area contributed by atoms with Crippen molar-refractivity contribution in [2.45, 2.75) is 18.7 Å². The lowest BCUT2D eigenvalue weighted by molar-refractivity contribution is -0.385. The minimum Gasteiger partial charge on any atom is -0.289 e. The zero-order valence-electron chi connectivity index (χ0n) is 12.5. The summed E-state index contributed by atoms with van der Waals surface area (Å²) in [5.74, 6) is -0.259. The van der Waals surface area contributed by atoms with Gasteiger partial charge in [-0.15, -0.1) is 0 Å². The molecule has 0 atom stereocenters. The second-order valence-electron chi connectivity index (χ2n) is 4.85. The molecule has 126 valence electrons. The number of ketones is 1. The van der Waals surface area contributed by atoms with Crippen molar-refractivity contribution in [1.29, 1.82) is 0 Å². The summed E-state index contributed by atoms with van der Waals surface area (Å²) in [6, 6.07) is 4.43. The number of non-ortho nitro benzene ring substituents is 1. The molecule has 0 heterocycles. The van der Waals surface area contributed by atoms with Crippen LogP contribution in [-0.4, -0.2) is 24.8 Å². The van der Waals surface area contributed by atoms with Gasteiger partial charge in [0, 0.05) is 12.1 Å². The Labute approximate surface area is 145 Å². The first-order valence-electron chi connectivity index (χ1n) is 6.49. The number of hydrogen-bond donors (Lipinski definition) is 0. The van der Waals surface area contributed by atoms with E-state index in [2.05, 4.69) is 25.4 Å². The monoisotopic (exact) mass is 414 g/mol. The SMILES string of the molecule is CC1=CC(=O)C(Br)=C(C)/C1=N/OS(=O)(=O)c1cccc([N+](=O)[O-])c1. The van der Waals surface area contributed by atoms with Crippen LogP contribution in [0.1, 0.15) is 13.8 Å². The Morgan fingerprint density at radius 3 is 2.58 bits per heavy atom. The fraction of sp³-hybridized carbons (Fsp3) is 0.143. The number of nitro groups is 1. The van der Waals surface area contributed by atoms with E-state index in [1.165, 1.54) is 12.1 Å². The van der Waals surface area contributed by atoms with E-state index in [0.29, 0.717) is 11.1 Å². The second-order valence-corrected chi connectivity index (χ2v) is 7.18. The number of oxime groups is 1. The number of benzene rings is 1. The van der Waals surface area contributed by atoms with Crippen molar-refractivity contribution in [2.24, 2.45) is 5.16 Å². The molecule has 1 aliphatic rings. The first-order chi connectivity index (χ1) is 11.1. The molecule has 1 aromatic rings. The molecule has 10 heteroatoms. The van der Waals surface area contributed by atoms with Crippen LogP contribution in [-0.2, 0) is 19.2 Å². The van der Waals surface area contributed by atoms with Gasteiger partial charge in [0.15, 0.2) is 5.78 Å². The predicted molar refractivity (Wildman–Crippen MR) is 89.2 cm³/mol. The molecule has 0 N–H and O–H groups in total. The first kappa shape index (κ1) is 18.0. The molecule has 0 amide bonds. The minimum absolute atomic E-state index is 0.190. The van der Waals surface area contributed by atoms with Gasteiger partial charge in [0.25, 0.3) is 5.69 Å². The van der Waals surface area contributed by atoms with Crippen molar-refractivity contribution in [3.63, 3.8) is 0 Å². The van der Waals surface area contributed by atoms with Gasteiger partial charge in [-0.1, -0.05) is 11.2 Å². The maximum absolute atomic E-state index is 12.1. The van der Waals surface area contributed by atoms with E-state index in [1.54, 1.807) is 13.8 Å². The fourth-order valence-electron chi connectivity index (χ4n) is 1.94. The van der Waals surface area contributed by atoms with Gasteiger partial charge in [-0.2, -0.15) is 8.42 Å². The van der Waals surface area contributed by atoms with Gasteiger partial charge in [-0.3, -0.25) is 19.2 Å². The minimum atomic E-state index is -4.34. The Hall–Kier alpha value is -2.33. The first-order valence-corrected chi connectivity index (χ1v) is 8.69. The largest absolute Gasteiger partial charge is 0.358 e. The molecule has 0 fully saturated rings. The summed E-state index contributed by atoms with van der Waals surface area (Å²) in [6.07, 6.45) is 1.29. The Balaban J connectivity index is 2.37. The number of nitrogens with zero attached hydrogens (tertiary/aromatic N) is 2. The predicted octanol–water partition coefficient (Wildman–Crippen LogP) is 2.85. The molecule has 0 saturated heterocycles. The summed E-state index contributed by atoms with van der Waals surface area (Å²) in [7, 11) is -4.34. The lowest BCUT2D eigenvalue weighted by Gasteiger charge is -2.13. The van der Waals surface area contributed by atoms with Crippen LogP contribution >= 0.6 is 15.9 Å². The molecule has 0 aliphatic heterocycles. The molecule has 1 aromatic carbocycles. The Bertz CT molecular complexity index is 930. The molecule has 1 aliphatic carbocycles. The van der Waals surface area contributed by atoms with Crippen LogP contribution < -0.4 is 0 Å². The Kier molecular flexibility index (Phi) is 4.99. The molecule has 2 rings (SSSR count). The average molecular weight is 415 g/mol. The highest BCUT2D eigenvalue weighted by molar-refractivity contribution is 9.12. The molecule has 8 nitrogen and oxygen atoms in total. The molecule has 0 spiro atoms. The van der Waals surface area contributed by atoms with E-state index in [1.807, 2.05) is 0 Å². The molecular weight excluding hydrogens is 404 g/mol. The Morgan fingerprint density at radius 2 is 1.96 bits per heavy atom. The van der Waals surface area contributed by atoms with Crippen LogP contribution in [0.15, 0.2) is 56.0 Å². The summed E-state index contributed by atoms with van der Waals surface area (Å²) >= 11 is 3.10. The second kappa shape index (κ2) is 6.65. The topological polar surface area (TPSA) is 116 Å². The van der Waals surface area contributed by atoms with E-state index in [4.69, 9.17) is 0 Å². The van der Waals surface area contributed by atoms with Gasteiger partial charge in [-0.25, -0.2) is 0 Å². The normalized spacial score (nSPS) is 17.0. The molecule has 0 bridgehead atoms. The van der Waals surface area contributed by atoms with Crippen LogP contribution in [0.4, 0.5) is 5.69 Å². The Morgan fingerprint density at radius 1 is 1.29 bits per heavy atom. The third-order valence-electron chi connectivity index (χ3n) is 3.17. The number of nitro benzene ring substituents is 1. The molecule has 24 heavy (non-hydrogen) atoms. The standard InChI is InChI=1S/C14H11BrN2O6S/c1-8-6-12(18)13(15)9(2)14(8)16-23-24(21,22)11-5-3-4-10(7-11)17(19)20/h3-7H,1-2H3/b16-14+. The number of carbonyl (C=O) groups is 1. The van der Waals surface area contributed by atoms with E-state index >= 15 is 0 Å². The van der Waals surface area contributed by atoms with Gasteiger partial charge >= 0.3 is 10.1 Å². The number of halogens is 1.